The molecule has 32 heavy (non-hydrogen) atoms. The SMILES string of the molecule is COc1cc(/C=N\NS(=O)(=O)c2ccc(C)cc2)ccc1OCc1ccc(C(=O)O)cc1. The molecule has 0 amide bonds. The monoisotopic (exact) mass is 454 g/mol. The smallest absolute Gasteiger partial charge is 0.335 e. The highest BCUT2D eigenvalue weighted by Gasteiger charge is 2.12. The lowest BCUT2D eigenvalue weighted by Gasteiger charge is -2.11. The summed E-state index contributed by atoms with van der Waals surface area (Å²) in [5.41, 5.74) is 2.56. The van der Waals surface area contributed by atoms with Crippen LogP contribution in [0.1, 0.15) is 27.0 Å². The van der Waals surface area contributed by atoms with Gasteiger partial charge in [0.15, 0.2) is 11.5 Å². The minimum absolute atomic E-state index is 0.123. The van der Waals surface area contributed by atoms with E-state index in [0.29, 0.717) is 17.1 Å². The number of hydrogen-bond acceptors (Lipinski definition) is 6. The van der Waals surface area contributed by atoms with Crippen molar-refractivity contribution < 1.29 is 27.8 Å². The van der Waals surface area contributed by atoms with Crippen molar-refractivity contribution >= 4 is 22.2 Å². The third kappa shape index (κ3) is 5.86. The third-order valence-electron chi connectivity index (χ3n) is 4.50. The molecule has 0 heterocycles. The summed E-state index contributed by atoms with van der Waals surface area (Å²) in [6.45, 7) is 2.10. The standard InChI is InChI=1S/C23H22N2O6S/c1-16-3-10-20(11-4-16)32(28,29)25-24-14-18-7-12-21(22(13-18)30-2)31-15-17-5-8-19(9-6-17)23(26)27/h3-14,25H,15H2,1-2H3,(H,26,27)/b24-14-. The van der Waals surface area contributed by atoms with E-state index in [0.717, 1.165) is 11.1 Å². The molecule has 0 fully saturated rings. The molecule has 3 rings (SSSR count). The zero-order valence-electron chi connectivity index (χ0n) is 17.5. The number of hydrazone groups is 1. The first kappa shape index (κ1) is 22.8. The number of carbonyl (C=O) groups is 1. The first-order valence-corrected chi connectivity index (χ1v) is 11.0. The number of carboxylic acids is 1. The molecule has 0 radical (unpaired) electrons. The van der Waals surface area contributed by atoms with E-state index in [4.69, 9.17) is 14.6 Å². The van der Waals surface area contributed by atoms with Crippen LogP contribution >= 0.6 is 0 Å². The number of ether oxygens (including phenoxy) is 2. The molecule has 0 saturated carbocycles. The van der Waals surface area contributed by atoms with E-state index >= 15 is 0 Å². The Morgan fingerprint density at radius 2 is 1.72 bits per heavy atom. The number of aromatic carboxylic acids is 1. The number of aryl methyl sites for hydroxylation is 1. The Labute approximate surface area is 186 Å². The van der Waals surface area contributed by atoms with Gasteiger partial charge in [0.2, 0.25) is 0 Å². The van der Waals surface area contributed by atoms with E-state index in [2.05, 4.69) is 9.93 Å². The zero-order valence-corrected chi connectivity index (χ0v) is 18.3. The van der Waals surface area contributed by atoms with Gasteiger partial charge in [0.25, 0.3) is 10.0 Å². The summed E-state index contributed by atoms with van der Waals surface area (Å²) in [5, 5.41) is 12.8. The van der Waals surface area contributed by atoms with Crippen LogP contribution in [0.25, 0.3) is 0 Å². The highest BCUT2D eigenvalue weighted by atomic mass is 32.2. The molecule has 0 aliphatic heterocycles. The minimum atomic E-state index is -3.76. The Balaban J connectivity index is 1.65. The van der Waals surface area contributed by atoms with Gasteiger partial charge in [-0.2, -0.15) is 13.5 Å². The van der Waals surface area contributed by atoms with Crippen molar-refractivity contribution in [1.29, 1.82) is 0 Å². The maximum absolute atomic E-state index is 12.3. The summed E-state index contributed by atoms with van der Waals surface area (Å²) in [6.07, 6.45) is 1.36. The predicted molar refractivity (Wildman–Crippen MR) is 120 cm³/mol. The largest absolute Gasteiger partial charge is 0.493 e. The van der Waals surface area contributed by atoms with Crippen molar-refractivity contribution in [3.63, 3.8) is 0 Å². The molecule has 0 atom stereocenters. The average molecular weight is 455 g/mol. The van der Waals surface area contributed by atoms with Crippen LogP contribution in [0.5, 0.6) is 11.5 Å². The normalized spacial score (nSPS) is 11.3. The summed E-state index contributed by atoms with van der Waals surface area (Å²) in [4.78, 5) is 13.2. The van der Waals surface area contributed by atoms with Gasteiger partial charge in [0, 0.05) is 0 Å². The van der Waals surface area contributed by atoms with Crippen molar-refractivity contribution in [3.05, 3.63) is 89.0 Å². The summed E-state index contributed by atoms with van der Waals surface area (Å²) in [6, 6.07) is 17.9. The van der Waals surface area contributed by atoms with E-state index in [1.54, 1.807) is 42.5 Å². The second-order valence-electron chi connectivity index (χ2n) is 6.87. The number of hydrogen-bond donors (Lipinski definition) is 2. The molecule has 0 bridgehead atoms. The fourth-order valence-corrected chi connectivity index (χ4v) is 3.52. The molecule has 3 aromatic rings. The van der Waals surface area contributed by atoms with Crippen molar-refractivity contribution in [2.45, 2.75) is 18.4 Å². The van der Waals surface area contributed by atoms with Crippen LogP contribution in [0.3, 0.4) is 0 Å². The van der Waals surface area contributed by atoms with E-state index in [9.17, 15) is 13.2 Å². The number of carboxylic acid groups (broad SMARTS) is 1. The van der Waals surface area contributed by atoms with Gasteiger partial charge < -0.3 is 14.6 Å². The summed E-state index contributed by atoms with van der Waals surface area (Å²) < 4.78 is 35.7. The first-order valence-electron chi connectivity index (χ1n) is 9.53. The van der Waals surface area contributed by atoms with E-state index in [1.807, 2.05) is 6.92 Å². The lowest BCUT2D eigenvalue weighted by atomic mass is 10.1. The van der Waals surface area contributed by atoms with Crippen LogP contribution < -0.4 is 14.3 Å². The van der Waals surface area contributed by atoms with E-state index < -0.39 is 16.0 Å². The average Bonchev–Trinajstić information content (AvgIpc) is 2.78. The lowest BCUT2D eigenvalue weighted by Crippen LogP contribution is -2.18. The van der Waals surface area contributed by atoms with Crippen molar-refractivity contribution in [1.82, 2.24) is 4.83 Å². The maximum Gasteiger partial charge on any atom is 0.335 e. The van der Waals surface area contributed by atoms with Crippen molar-refractivity contribution in [3.8, 4) is 11.5 Å². The van der Waals surface area contributed by atoms with Gasteiger partial charge >= 0.3 is 5.97 Å². The topological polar surface area (TPSA) is 114 Å². The van der Waals surface area contributed by atoms with Gasteiger partial charge in [-0.15, -0.1) is 0 Å². The van der Waals surface area contributed by atoms with Gasteiger partial charge in [0.05, 0.1) is 23.8 Å². The molecule has 8 nitrogen and oxygen atoms in total. The molecular formula is C23H22N2O6S. The Morgan fingerprint density at radius 1 is 1.03 bits per heavy atom. The van der Waals surface area contributed by atoms with Gasteiger partial charge in [-0.25, -0.2) is 9.63 Å². The van der Waals surface area contributed by atoms with Gasteiger partial charge in [-0.3, -0.25) is 0 Å². The number of nitrogens with zero attached hydrogens (tertiary/aromatic N) is 1. The van der Waals surface area contributed by atoms with Crippen LogP contribution in [0.2, 0.25) is 0 Å². The molecule has 166 valence electrons. The van der Waals surface area contributed by atoms with Crippen LogP contribution in [0.4, 0.5) is 0 Å². The number of nitrogens with one attached hydrogen (secondary N) is 1. The Hall–Kier alpha value is -3.85. The second kappa shape index (κ2) is 9.97. The van der Waals surface area contributed by atoms with Crippen LogP contribution in [-0.4, -0.2) is 32.8 Å². The lowest BCUT2D eigenvalue weighted by molar-refractivity contribution is 0.0697. The molecule has 0 unspecified atom stereocenters. The summed E-state index contributed by atoms with van der Waals surface area (Å²) >= 11 is 0. The van der Waals surface area contributed by atoms with Gasteiger partial charge in [0.1, 0.15) is 6.61 Å². The maximum atomic E-state index is 12.3. The quantitative estimate of drug-likeness (QED) is 0.377. The third-order valence-corrected chi connectivity index (χ3v) is 5.74. The second-order valence-corrected chi connectivity index (χ2v) is 8.53. The molecule has 0 aromatic heterocycles. The summed E-state index contributed by atoms with van der Waals surface area (Å²) in [7, 11) is -2.27. The molecule has 0 saturated heterocycles. The van der Waals surface area contributed by atoms with Crippen molar-refractivity contribution in [2.24, 2.45) is 5.10 Å². The summed E-state index contributed by atoms with van der Waals surface area (Å²) in [5.74, 6) is -0.0674. The van der Waals surface area contributed by atoms with Gasteiger partial charge in [-0.05, 0) is 60.5 Å². The number of methoxy groups -OCH3 is 1. The van der Waals surface area contributed by atoms with Crippen LogP contribution in [0, 0.1) is 6.92 Å². The predicted octanol–water partition coefficient (Wildman–Crippen LogP) is 3.59. The van der Waals surface area contributed by atoms with E-state index in [1.165, 1.54) is 37.6 Å². The molecular weight excluding hydrogens is 432 g/mol. The number of benzene rings is 3. The van der Waals surface area contributed by atoms with Gasteiger partial charge in [-0.1, -0.05) is 29.8 Å². The molecule has 0 aliphatic carbocycles. The Kier molecular flexibility index (Phi) is 7.11. The van der Waals surface area contributed by atoms with Crippen molar-refractivity contribution in [2.75, 3.05) is 7.11 Å². The molecule has 0 spiro atoms. The highest BCUT2D eigenvalue weighted by molar-refractivity contribution is 7.89. The Morgan fingerprint density at radius 3 is 2.34 bits per heavy atom. The minimum Gasteiger partial charge on any atom is -0.493 e. The first-order chi connectivity index (χ1) is 15.3. The van der Waals surface area contributed by atoms with Crippen LogP contribution in [-0.2, 0) is 16.6 Å². The molecule has 9 heteroatoms. The highest BCUT2D eigenvalue weighted by Crippen LogP contribution is 2.28. The molecule has 2 N–H and O–H groups in total. The zero-order chi connectivity index (χ0) is 23.1. The molecule has 0 aliphatic rings. The fraction of sp³-hybridized carbons (Fsp3) is 0.130. The van der Waals surface area contributed by atoms with E-state index in [-0.39, 0.29) is 17.1 Å². The molecule has 3 aromatic carbocycles. The number of rotatable bonds is 9. The number of sulfonamides is 1. The van der Waals surface area contributed by atoms with Crippen LogP contribution in [0.15, 0.2) is 76.7 Å². The Bertz CT molecular complexity index is 1220. The fourth-order valence-electron chi connectivity index (χ4n) is 2.73.